The fourth-order valence-electron chi connectivity index (χ4n) is 1.07. The van der Waals surface area contributed by atoms with Crippen molar-refractivity contribution in [2.75, 3.05) is 0 Å². The summed E-state index contributed by atoms with van der Waals surface area (Å²) in [7, 11) is 0. The first-order chi connectivity index (χ1) is 6.43. The summed E-state index contributed by atoms with van der Waals surface area (Å²) in [6.45, 7) is 10.1. The standard InChI is InChI=1S/C13H22O/c1-10(2)7-6-8-12(5)9-13(14)11(3)4/h7,9,11H,6,8H2,1-5H3/b12-9-. The van der Waals surface area contributed by atoms with Crippen LogP contribution >= 0.6 is 0 Å². The van der Waals surface area contributed by atoms with Crippen LogP contribution in [0.2, 0.25) is 0 Å². The van der Waals surface area contributed by atoms with Crippen LogP contribution < -0.4 is 0 Å². The molecule has 0 aliphatic rings. The minimum atomic E-state index is 0.119. The van der Waals surface area contributed by atoms with Gasteiger partial charge in [0.15, 0.2) is 5.78 Å². The van der Waals surface area contributed by atoms with E-state index in [1.165, 1.54) is 11.1 Å². The second kappa shape index (κ2) is 6.58. The molecule has 0 aromatic rings. The Bertz CT molecular complexity index is 240. The molecule has 0 spiro atoms. The molecule has 0 bridgehead atoms. The largest absolute Gasteiger partial charge is 0.295 e. The van der Waals surface area contributed by atoms with Gasteiger partial charge in [-0.3, -0.25) is 4.79 Å². The summed E-state index contributed by atoms with van der Waals surface area (Å²) >= 11 is 0. The topological polar surface area (TPSA) is 17.1 Å². The highest BCUT2D eigenvalue weighted by Gasteiger charge is 2.03. The third kappa shape index (κ3) is 6.64. The summed E-state index contributed by atoms with van der Waals surface area (Å²) in [4.78, 5) is 11.4. The highest BCUT2D eigenvalue weighted by Crippen LogP contribution is 2.08. The molecule has 0 aromatic carbocycles. The van der Waals surface area contributed by atoms with Crippen molar-refractivity contribution in [1.82, 2.24) is 0 Å². The summed E-state index contributed by atoms with van der Waals surface area (Å²) in [5, 5.41) is 0. The lowest BCUT2D eigenvalue weighted by Gasteiger charge is -2.01. The maximum atomic E-state index is 11.4. The summed E-state index contributed by atoms with van der Waals surface area (Å²) < 4.78 is 0. The van der Waals surface area contributed by atoms with Gasteiger partial charge in [0, 0.05) is 5.92 Å². The zero-order valence-electron chi connectivity index (χ0n) is 10.1. The molecule has 14 heavy (non-hydrogen) atoms. The van der Waals surface area contributed by atoms with Gasteiger partial charge in [-0.1, -0.05) is 31.1 Å². The molecule has 0 aromatic heterocycles. The minimum absolute atomic E-state index is 0.119. The van der Waals surface area contributed by atoms with Crippen LogP contribution in [0.15, 0.2) is 23.3 Å². The first kappa shape index (κ1) is 13.2. The van der Waals surface area contributed by atoms with Crippen molar-refractivity contribution in [2.24, 2.45) is 5.92 Å². The van der Waals surface area contributed by atoms with E-state index in [0.29, 0.717) is 0 Å². The van der Waals surface area contributed by atoms with Gasteiger partial charge in [0.2, 0.25) is 0 Å². The SMILES string of the molecule is CC(C)=CCC/C(C)=C\C(=O)C(C)C. The number of ketones is 1. The fraction of sp³-hybridized carbons (Fsp3) is 0.615. The van der Waals surface area contributed by atoms with Gasteiger partial charge >= 0.3 is 0 Å². The molecular weight excluding hydrogens is 172 g/mol. The lowest BCUT2D eigenvalue weighted by atomic mass is 10.0. The van der Waals surface area contributed by atoms with Crippen molar-refractivity contribution in [3.8, 4) is 0 Å². The van der Waals surface area contributed by atoms with Crippen molar-refractivity contribution in [2.45, 2.75) is 47.5 Å². The van der Waals surface area contributed by atoms with Crippen LogP contribution in [0.1, 0.15) is 47.5 Å². The number of carbonyl (C=O) groups excluding carboxylic acids is 1. The first-order valence-electron chi connectivity index (χ1n) is 5.28. The average Bonchev–Trinajstić information content (AvgIpc) is 2.02. The van der Waals surface area contributed by atoms with E-state index < -0.39 is 0 Å². The van der Waals surface area contributed by atoms with E-state index in [1.807, 2.05) is 20.8 Å². The molecule has 0 N–H and O–H groups in total. The first-order valence-corrected chi connectivity index (χ1v) is 5.28. The Morgan fingerprint density at radius 3 is 2.21 bits per heavy atom. The predicted molar refractivity (Wildman–Crippen MR) is 62.3 cm³/mol. The fourth-order valence-corrected chi connectivity index (χ4v) is 1.07. The normalized spacial score (nSPS) is 11.7. The quantitative estimate of drug-likeness (QED) is 0.479. The van der Waals surface area contributed by atoms with E-state index in [1.54, 1.807) is 6.08 Å². The van der Waals surface area contributed by atoms with Crippen LogP contribution in [0.5, 0.6) is 0 Å². The van der Waals surface area contributed by atoms with Gasteiger partial charge in [-0.2, -0.15) is 0 Å². The molecule has 0 aliphatic carbocycles. The van der Waals surface area contributed by atoms with Crippen LogP contribution in [0.4, 0.5) is 0 Å². The Morgan fingerprint density at radius 1 is 1.21 bits per heavy atom. The number of hydrogen-bond acceptors (Lipinski definition) is 1. The van der Waals surface area contributed by atoms with Gasteiger partial charge in [0.1, 0.15) is 0 Å². The van der Waals surface area contributed by atoms with Crippen molar-refractivity contribution in [1.29, 1.82) is 0 Å². The molecule has 80 valence electrons. The Balaban J connectivity index is 4.02. The Morgan fingerprint density at radius 2 is 1.79 bits per heavy atom. The van der Waals surface area contributed by atoms with E-state index >= 15 is 0 Å². The summed E-state index contributed by atoms with van der Waals surface area (Å²) in [6, 6.07) is 0. The molecule has 1 heteroatoms. The smallest absolute Gasteiger partial charge is 0.158 e. The summed E-state index contributed by atoms with van der Waals surface area (Å²) in [5.41, 5.74) is 2.52. The molecule has 0 atom stereocenters. The van der Waals surface area contributed by atoms with Gasteiger partial charge in [-0.05, 0) is 39.7 Å². The molecule has 0 saturated carbocycles. The molecule has 0 unspecified atom stereocenters. The van der Waals surface area contributed by atoms with Crippen LogP contribution in [-0.4, -0.2) is 5.78 Å². The number of hydrogen-bond donors (Lipinski definition) is 0. The minimum Gasteiger partial charge on any atom is -0.295 e. The summed E-state index contributed by atoms with van der Waals surface area (Å²) in [5.74, 6) is 0.355. The van der Waals surface area contributed by atoms with E-state index in [4.69, 9.17) is 0 Å². The van der Waals surface area contributed by atoms with Gasteiger partial charge < -0.3 is 0 Å². The Hall–Kier alpha value is -0.850. The molecule has 0 heterocycles. The lowest BCUT2D eigenvalue weighted by Crippen LogP contribution is -2.03. The highest BCUT2D eigenvalue weighted by atomic mass is 16.1. The Kier molecular flexibility index (Phi) is 6.18. The lowest BCUT2D eigenvalue weighted by molar-refractivity contribution is -0.117. The number of carbonyl (C=O) groups is 1. The van der Waals surface area contributed by atoms with Crippen molar-refractivity contribution in [3.05, 3.63) is 23.3 Å². The van der Waals surface area contributed by atoms with Crippen molar-refractivity contribution >= 4 is 5.78 Å². The molecule has 0 amide bonds. The summed E-state index contributed by atoms with van der Waals surface area (Å²) in [6.07, 6.45) is 6.01. The van der Waals surface area contributed by atoms with Crippen LogP contribution in [0.25, 0.3) is 0 Å². The van der Waals surface area contributed by atoms with Gasteiger partial charge in [-0.25, -0.2) is 0 Å². The van der Waals surface area contributed by atoms with E-state index in [0.717, 1.165) is 12.8 Å². The molecule has 0 rings (SSSR count). The van der Waals surface area contributed by atoms with Gasteiger partial charge in [0.05, 0.1) is 0 Å². The van der Waals surface area contributed by atoms with Crippen molar-refractivity contribution < 1.29 is 4.79 Å². The zero-order valence-corrected chi connectivity index (χ0v) is 10.1. The van der Waals surface area contributed by atoms with Gasteiger partial charge in [-0.15, -0.1) is 0 Å². The molecule has 0 saturated heterocycles. The molecule has 0 fully saturated rings. The van der Waals surface area contributed by atoms with E-state index in [-0.39, 0.29) is 11.7 Å². The number of allylic oxidation sites excluding steroid dienone is 4. The van der Waals surface area contributed by atoms with Gasteiger partial charge in [0.25, 0.3) is 0 Å². The molecule has 0 radical (unpaired) electrons. The maximum absolute atomic E-state index is 11.4. The maximum Gasteiger partial charge on any atom is 0.158 e. The highest BCUT2D eigenvalue weighted by molar-refractivity contribution is 5.91. The van der Waals surface area contributed by atoms with Crippen LogP contribution in [-0.2, 0) is 4.79 Å². The predicted octanol–water partition coefficient (Wildman–Crippen LogP) is 3.90. The molecule has 0 aliphatic heterocycles. The monoisotopic (exact) mass is 194 g/mol. The third-order valence-electron chi connectivity index (χ3n) is 2.05. The second-order valence-electron chi connectivity index (χ2n) is 4.37. The zero-order chi connectivity index (χ0) is 11.1. The second-order valence-corrected chi connectivity index (χ2v) is 4.37. The van der Waals surface area contributed by atoms with Crippen molar-refractivity contribution in [3.63, 3.8) is 0 Å². The third-order valence-corrected chi connectivity index (χ3v) is 2.05. The van der Waals surface area contributed by atoms with E-state index in [2.05, 4.69) is 19.9 Å². The van der Waals surface area contributed by atoms with Crippen LogP contribution in [0, 0.1) is 5.92 Å². The van der Waals surface area contributed by atoms with E-state index in [9.17, 15) is 4.79 Å². The Labute approximate surface area is 87.9 Å². The van der Waals surface area contributed by atoms with Crippen LogP contribution in [0.3, 0.4) is 0 Å². The molecule has 1 nitrogen and oxygen atoms in total. The number of rotatable bonds is 5. The average molecular weight is 194 g/mol. The molecular formula is C13H22O.